The van der Waals surface area contributed by atoms with E-state index in [1.807, 2.05) is 6.92 Å². The van der Waals surface area contributed by atoms with E-state index in [2.05, 4.69) is 30.9 Å². The number of alkyl halides is 2. The summed E-state index contributed by atoms with van der Waals surface area (Å²) in [6.07, 6.45) is 0. The second-order valence-corrected chi connectivity index (χ2v) is 6.46. The minimum atomic E-state index is -3.17. The van der Waals surface area contributed by atoms with Crippen LogP contribution in [0.2, 0.25) is 5.02 Å². The minimum absolute atomic E-state index is 0.0363. The number of carbonyl (C=O) groups is 2. The fraction of sp³-hybridized carbons (Fsp3) is 0.167. The molecule has 0 saturated heterocycles. The fourth-order valence-corrected chi connectivity index (χ4v) is 2.73. The second kappa shape index (κ2) is 8.82. The number of benzene rings is 2. The molecule has 0 aliphatic carbocycles. The van der Waals surface area contributed by atoms with Crippen LogP contribution >= 0.6 is 11.6 Å². The van der Waals surface area contributed by atoms with E-state index in [0.29, 0.717) is 0 Å². The summed E-state index contributed by atoms with van der Waals surface area (Å²) in [6.45, 7) is -1.32. The molecular weight excluding hydrogens is 422 g/mol. The van der Waals surface area contributed by atoms with Gasteiger partial charge in [0.1, 0.15) is 5.69 Å². The van der Waals surface area contributed by atoms with Gasteiger partial charge in [0.25, 0.3) is 11.8 Å². The highest BCUT2D eigenvalue weighted by atomic mass is 35.5. The molecule has 1 heterocycles. The third-order valence-electron chi connectivity index (χ3n) is 3.96. The largest absolute Gasteiger partial charge is 0.433 e. The number of hydrogen-bond donors (Lipinski definition) is 2. The molecule has 1 aromatic heterocycles. The summed E-state index contributed by atoms with van der Waals surface area (Å²) in [5.74, 6) is -1.69. The number of nitrogens with zero attached hydrogens (tertiary/aromatic N) is 4. The Hall–Kier alpha value is -3.60. The van der Waals surface area contributed by atoms with E-state index >= 15 is 0 Å². The van der Waals surface area contributed by atoms with Crippen molar-refractivity contribution in [3.05, 3.63) is 58.1 Å². The van der Waals surface area contributed by atoms with E-state index in [9.17, 15) is 18.4 Å². The fourth-order valence-electron chi connectivity index (χ4n) is 2.44. The van der Waals surface area contributed by atoms with Gasteiger partial charge in [-0.05, 0) is 41.6 Å². The topological polar surface area (TPSA) is 111 Å². The quantitative estimate of drug-likeness (QED) is 0.613. The van der Waals surface area contributed by atoms with Gasteiger partial charge < -0.3 is 10.1 Å². The molecule has 3 aromatic rings. The van der Waals surface area contributed by atoms with E-state index in [0.717, 1.165) is 11.6 Å². The second-order valence-electron chi connectivity index (χ2n) is 6.08. The van der Waals surface area contributed by atoms with Crippen LogP contribution in [0.25, 0.3) is 0 Å². The van der Waals surface area contributed by atoms with E-state index < -0.39 is 24.2 Å². The van der Waals surface area contributed by atoms with Crippen molar-refractivity contribution in [2.75, 3.05) is 10.6 Å². The Kier molecular flexibility index (Phi) is 6.21. The Labute approximate surface area is 174 Å². The molecule has 0 radical (unpaired) electrons. The minimum Gasteiger partial charge on any atom is -0.433 e. The van der Waals surface area contributed by atoms with E-state index in [4.69, 9.17) is 11.6 Å². The number of aryl methyl sites for hydroxylation is 2. The van der Waals surface area contributed by atoms with E-state index in [-0.39, 0.29) is 27.8 Å². The van der Waals surface area contributed by atoms with Gasteiger partial charge in [-0.3, -0.25) is 14.9 Å². The van der Waals surface area contributed by atoms with E-state index in [1.165, 1.54) is 17.8 Å². The summed E-state index contributed by atoms with van der Waals surface area (Å²) in [7, 11) is 1.50. The zero-order valence-electron chi connectivity index (χ0n) is 15.7. The van der Waals surface area contributed by atoms with Crippen LogP contribution in [-0.4, -0.2) is 38.6 Å². The lowest BCUT2D eigenvalue weighted by Gasteiger charge is -2.16. The molecule has 2 amide bonds. The van der Waals surface area contributed by atoms with Crippen molar-refractivity contribution in [3.8, 4) is 5.75 Å². The Morgan fingerprint density at radius 3 is 2.40 bits per heavy atom. The molecule has 0 fully saturated rings. The smallest absolute Gasteiger partial charge is 0.387 e. The monoisotopic (exact) mass is 436 g/mol. The van der Waals surface area contributed by atoms with Gasteiger partial charge in [0.2, 0.25) is 5.95 Å². The van der Waals surface area contributed by atoms with Gasteiger partial charge in [0.05, 0.1) is 10.6 Å². The van der Waals surface area contributed by atoms with Crippen LogP contribution in [0.4, 0.5) is 20.4 Å². The standard InChI is InChI=1S/C18H15ClF2N6O3/c1-9-3-5-10(6-4-9)15(28)22-14-12(30-17(20)21)8-7-11(13(14)19)16(29)23-18-24-25-26-27(18)2/h3-8,17H,1-2H3,(H,22,28)(H,23,24,26,29). The number of ether oxygens (including phenoxy) is 1. The molecule has 0 saturated carbocycles. The summed E-state index contributed by atoms with van der Waals surface area (Å²) >= 11 is 6.27. The number of rotatable bonds is 6. The van der Waals surface area contributed by atoms with Crippen molar-refractivity contribution in [2.45, 2.75) is 13.5 Å². The van der Waals surface area contributed by atoms with Gasteiger partial charge in [0.15, 0.2) is 5.75 Å². The number of anilines is 2. The van der Waals surface area contributed by atoms with Crippen LogP contribution in [-0.2, 0) is 7.05 Å². The molecular formula is C18H15ClF2N6O3. The van der Waals surface area contributed by atoms with Crippen molar-refractivity contribution >= 4 is 35.1 Å². The number of carbonyl (C=O) groups excluding carboxylic acids is 2. The van der Waals surface area contributed by atoms with E-state index in [1.54, 1.807) is 24.3 Å². The summed E-state index contributed by atoms with van der Waals surface area (Å²) < 4.78 is 31.3. The van der Waals surface area contributed by atoms with Crippen LogP contribution in [0.15, 0.2) is 36.4 Å². The van der Waals surface area contributed by atoms with Gasteiger partial charge in [-0.15, -0.1) is 0 Å². The highest BCUT2D eigenvalue weighted by molar-refractivity contribution is 6.38. The average Bonchev–Trinajstić information content (AvgIpc) is 3.09. The Bertz CT molecular complexity index is 1090. The summed E-state index contributed by atoms with van der Waals surface area (Å²) in [6, 6.07) is 8.83. The molecule has 30 heavy (non-hydrogen) atoms. The van der Waals surface area contributed by atoms with Crippen molar-refractivity contribution < 1.29 is 23.1 Å². The van der Waals surface area contributed by atoms with Crippen LogP contribution in [0.3, 0.4) is 0 Å². The maximum atomic E-state index is 12.8. The molecule has 0 atom stereocenters. The molecule has 2 N–H and O–H groups in total. The first-order chi connectivity index (χ1) is 14.3. The Balaban J connectivity index is 1.95. The highest BCUT2D eigenvalue weighted by Crippen LogP contribution is 2.37. The summed E-state index contributed by atoms with van der Waals surface area (Å²) in [4.78, 5) is 25.1. The number of aromatic nitrogens is 4. The molecule has 0 aliphatic heterocycles. The number of amides is 2. The predicted molar refractivity (Wildman–Crippen MR) is 104 cm³/mol. The molecule has 0 unspecified atom stereocenters. The Morgan fingerprint density at radius 1 is 1.10 bits per heavy atom. The molecule has 9 nitrogen and oxygen atoms in total. The summed E-state index contributed by atoms with van der Waals surface area (Å²) in [5, 5.41) is 15.2. The van der Waals surface area contributed by atoms with Crippen LogP contribution in [0.5, 0.6) is 5.75 Å². The SMILES string of the molecule is Cc1ccc(C(=O)Nc2c(OC(F)F)ccc(C(=O)Nc3nnnn3C)c2Cl)cc1. The third-order valence-corrected chi connectivity index (χ3v) is 4.35. The molecule has 156 valence electrons. The first-order valence-electron chi connectivity index (χ1n) is 8.45. The predicted octanol–water partition coefficient (Wildman–Crippen LogP) is 3.28. The maximum absolute atomic E-state index is 12.8. The van der Waals surface area contributed by atoms with Crippen molar-refractivity contribution in [3.63, 3.8) is 0 Å². The number of halogens is 3. The Morgan fingerprint density at radius 2 is 1.80 bits per heavy atom. The first-order valence-corrected chi connectivity index (χ1v) is 8.83. The number of hydrogen-bond acceptors (Lipinski definition) is 6. The zero-order chi connectivity index (χ0) is 21.8. The molecule has 0 bridgehead atoms. The first kappa shape index (κ1) is 21.1. The summed E-state index contributed by atoms with van der Waals surface area (Å²) in [5.41, 5.74) is 0.815. The average molecular weight is 437 g/mol. The lowest BCUT2D eigenvalue weighted by Crippen LogP contribution is -2.18. The van der Waals surface area contributed by atoms with Crippen LogP contribution in [0, 0.1) is 6.92 Å². The zero-order valence-corrected chi connectivity index (χ0v) is 16.4. The van der Waals surface area contributed by atoms with Gasteiger partial charge in [-0.1, -0.05) is 34.4 Å². The molecule has 2 aromatic carbocycles. The number of tetrazole rings is 1. The lowest BCUT2D eigenvalue weighted by atomic mass is 10.1. The van der Waals surface area contributed by atoms with Crippen LogP contribution in [0.1, 0.15) is 26.3 Å². The van der Waals surface area contributed by atoms with Gasteiger partial charge >= 0.3 is 6.61 Å². The maximum Gasteiger partial charge on any atom is 0.387 e. The van der Waals surface area contributed by atoms with Crippen molar-refractivity contribution in [1.29, 1.82) is 0 Å². The van der Waals surface area contributed by atoms with Crippen molar-refractivity contribution in [2.24, 2.45) is 7.05 Å². The molecule has 3 rings (SSSR count). The normalized spacial score (nSPS) is 10.7. The number of nitrogens with one attached hydrogen (secondary N) is 2. The van der Waals surface area contributed by atoms with Crippen LogP contribution < -0.4 is 15.4 Å². The molecule has 12 heteroatoms. The molecule has 0 aliphatic rings. The lowest BCUT2D eigenvalue weighted by molar-refractivity contribution is -0.0493. The molecule has 0 spiro atoms. The van der Waals surface area contributed by atoms with Gasteiger partial charge in [-0.25, -0.2) is 4.68 Å². The van der Waals surface area contributed by atoms with Crippen molar-refractivity contribution in [1.82, 2.24) is 20.2 Å². The highest BCUT2D eigenvalue weighted by Gasteiger charge is 2.22. The van der Waals surface area contributed by atoms with Gasteiger partial charge in [0, 0.05) is 12.6 Å². The third kappa shape index (κ3) is 4.69. The van der Waals surface area contributed by atoms with Gasteiger partial charge in [-0.2, -0.15) is 8.78 Å².